The first-order valence-electron chi connectivity index (χ1n) is 13.0. The fraction of sp³-hybridized carbons (Fsp3) is 0.704. The van der Waals surface area contributed by atoms with Gasteiger partial charge >= 0.3 is 0 Å². The summed E-state index contributed by atoms with van der Waals surface area (Å²) in [6, 6.07) is 5.61. The number of nitrogens with zero attached hydrogens (tertiary/aromatic N) is 2. The molecule has 1 aliphatic heterocycles. The van der Waals surface area contributed by atoms with Crippen LogP contribution in [0.25, 0.3) is 0 Å². The molecule has 1 aromatic carbocycles. The summed E-state index contributed by atoms with van der Waals surface area (Å²) < 4.78 is 12.1. The van der Waals surface area contributed by atoms with Crippen molar-refractivity contribution in [1.29, 1.82) is 0 Å². The fourth-order valence-corrected chi connectivity index (χ4v) is 5.24. The average molecular weight is 472 g/mol. The van der Waals surface area contributed by atoms with E-state index in [4.69, 9.17) is 9.47 Å². The Hall–Kier alpha value is -2.12. The molecule has 7 heteroatoms. The Morgan fingerprint density at radius 3 is 2.56 bits per heavy atom. The zero-order chi connectivity index (χ0) is 24.2. The van der Waals surface area contributed by atoms with E-state index in [2.05, 4.69) is 24.1 Å². The van der Waals surface area contributed by atoms with Crippen molar-refractivity contribution in [2.75, 3.05) is 45.7 Å². The van der Waals surface area contributed by atoms with Gasteiger partial charge in [-0.15, -0.1) is 0 Å². The van der Waals surface area contributed by atoms with Gasteiger partial charge in [0.05, 0.1) is 11.7 Å². The fourth-order valence-electron chi connectivity index (χ4n) is 5.24. The van der Waals surface area contributed by atoms with Crippen molar-refractivity contribution in [3.63, 3.8) is 0 Å². The van der Waals surface area contributed by atoms with Gasteiger partial charge < -0.3 is 19.7 Å². The van der Waals surface area contributed by atoms with Crippen LogP contribution in [0.3, 0.4) is 0 Å². The number of methoxy groups -OCH3 is 1. The van der Waals surface area contributed by atoms with E-state index in [1.165, 1.54) is 12.8 Å². The molecular weight excluding hydrogens is 430 g/mol. The van der Waals surface area contributed by atoms with Gasteiger partial charge in [-0.3, -0.25) is 14.5 Å². The van der Waals surface area contributed by atoms with Crippen molar-refractivity contribution >= 4 is 17.5 Å². The Morgan fingerprint density at radius 2 is 1.88 bits per heavy atom. The molecule has 4 rings (SSSR count). The van der Waals surface area contributed by atoms with Gasteiger partial charge in [-0.05, 0) is 56.6 Å². The van der Waals surface area contributed by atoms with E-state index in [0.717, 1.165) is 44.7 Å². The maximum Gasteiger partial charge on any atom is 0.257 e. The lowest BCUT2D eigenvalue weighted by molar-refractivity contribution is -0.119. The Kier molecular flexibility index (Phi) is 8.14. The van der Waals surface area contributed by atoms with Crippen molar-refractivity contribution in [2.45, 2.75) is 64.5 Å². The second-order valence-corrected chi connectivity index (χ2v) is 10.7. The highest BCUT2D eigenvalue weighted by Gasteiger charge is 2.32. The monoisotopic (exact) mass is 471 g/mol. The number of nitrogens with one attached hydrogen (secondary N) is 1. The highest BCUT2D eigenvalue weighted by Crippen LogP contribution is 2.32. The Morgan fingerprint density at radius 1 is 1.15 bits per heavy atom. The number of hydrogen-bond acceptors (Lipinski definition) is 5. The van der Waals surface area contributed by atoms with Crippen LogP contribution in [0.4, 0.5) is 5.69 Å². The number of anilines is 1. The maximum absolute atomic E-state index is 13.4. The summed E-state index contributed by atoms with van der Waals surface area (Å²) >= 11 is 0. The van der Waals surface area contributed by atoms with Crippen LogP contribution in [-0.4, -0.2) is 74.2 Å². The maximum atomic E-state index is 13.4. The van der Waals surface area contributed by atoms with E-state index >= 15 is 0 Å². The van der Waals surface area contributed by atoms with E-state index in [-0.39, 0.29) is 35.8 Å². The van der Waals surface area contributed by atoms with Crippen LogP contribution in [0.1, 0.15) is 62.7 Å². The number of carbonyl (C=O) groups excluding carboxylic acids is 2. The molecule has 0 saturated heterocycles. The predicted molar refractivity (Wildman–Crippen MR) is 133 cm³/mol. The third kappa shape index (κ3) is 6.11. The third-order valence-corrected chi connectivity index (χ3v) is 7.76. The van der Waals surface area contributed by atoms with Gasteiger partial charge in [0.2, 0.25) is 5.91 Å². The Bertz CT molecular complexity index is 865. The molecule has 7 nitrogen and oxygen atoms in total. The van der Waals surface area contributed by atoms with Gasteiger partial charge in [0.1, 0.15) is 12.4 Å². The minimum absolute atomic E-state index is 0.0448. The normalized spacial score (nSPS) is 27.5. The molecule has 34 heavy (non-hydrogen) atoms. The van der Waals surface area contributed by atoms with E-state index in [1.807, 2.05) is 19.2 Å². The van der Waals surface area contributed by atoms with Crippen molar-refractivity contribution in [1.82, 2.24) is 9.80 Å². The minimum Gasteiger partial charge on any atom is -0.491 e. The summed E-state index contributed by atoms with van der Waals surface area (Å²) in [6.07, 6.45) is 6.68. The largest absolute Gasteiger partial charge is 0.491 e. The van der Waals surface area contributed by atoms with Crippen LogP contribution in [0.5, 0.6) is 5.75 Å². The summed E-state index contributed by atoms with van der Waals surface area (Å²) in [5.74, 6) is 1.64. The number of amides is 2. The smallest absolute Gasteiger partial charge is 0.257 e. The number of ether oxygens (including phenoxy) is 2. The highest BCUT2D eigenvalue weighted by atomic mass is 16.5. The lowest BCUT2D eigenvalue weighted by Gasteiger charge is -2.36. The molecule has 1 N–H and O–H groups in total. The second kappa shape index (κ2) is 11.1. The number of likely N-dealkylation sites (N-methyl/N-ethyl adjacent to an activating group) is 1. The lowest BCUT2D eigenvalue weighted by atomic mass is 10.0. The van der Waals surface area contributed by atoms with E-state index < -0.39 is 0 Å². The van der Waals surface area contributed by atoms with Gasteiger partial charge in [0.25, 0.3) is 5.91 Å². The summed E-state index contributed by atoms with van der Waals surface area (Å²) in [7, 11) is 3.55. The van der Waals surface area contributed by atoms with Crippen LogP contribution in [0.2, 0.25) is 0 Å². The minimum atomic E-state index is -0.0963. The molecule has 2 fully saturated rings. The number of carbonyl (C=O) groups is 2. The standard InChI is InChI=1S/C27H41N3O4/c1-18-14-30(15-20-9-10-20)19(2)17-34-24-13-22(28-26(31)21-7-5-6-8-21)11-12-23(24)27(32)29(3)16-25(18)33-4/h11-13,18-21,25H,5-10,14-17H2,1-4H3,(H,28,31)/t18-,19-,25+/m1/s1. The molecule has 2 aliphatic carbocycles. The summed E-state index contributed by atoms with van der Waals surface area (Å²) in [6.45, 7) is 7.39. The predicted octanol–water partition coefficient (Wildman–Crippen LogP) is 4.03. The van der Waals surface area contributed by atoms with Crippen LogP contribution in [0, 0.1) is 17.8 Å². The topological polar surface area (TPSA) is 71.1 Å². The molecule has 3 aliphatic rings. The first kappa shape index (κ1) is 25.0. The zero-order valence-corrected chi connectivity index (χ0v) is 21.2. The van der Waals surface area contributed by atoms with Crippen molar-refractivity contribution < 1.29 is 19.1 Å². The Labute approximate surface area is 204 Å². The van der Waals surface area contributed by atoms with Crippen LogP contribution >= 0.6 is 0 Å². The van der Waals surface area contributed by atoms with Crippen LogP contribution in [0.15, 0.2) is 18.2 Å². The number of rotatable bonds is 5. The average Bonchev–Trinajstić information content (AvgIpc) is 3.47. The quantitative estimate of drug-likeness (QED) is 0.702. The number of fused-ring (bicyclic) bond motifs is 1. The summed E-state index contributed by atoms with van der Waals surface area (Å²) in [5, 5.41) is 3.05. The zero-order valence-electron chi connectivity index (χ0n) is 21.2. The molecule has 1 aromatic rings. The third-order valence-electron chi connectivity index (χ3n) is 7.76. The first-order valence-corrected chi connectivity index (χ1v) is 13.0. The molecule has 188 valence electrons. The lowest BCUT2D eigenvalue weighted by Crippen LogP contribution is -2.47. The molecule has 1 heterocycles. The highest BCUT2D eigenvalue weighted by molar-refractivity contribution is 5.98. The number of benzene rings is 1. The molecule has 0 bridgehead atoms. The van der Waals surface area contributed by atoms with E-state index in [0.29, 0.717) is 30.2 Å². The molecule has 0 radical (unpaired) electrons. The van der Waals surface area contributed by atoms with Gasteiger partial charge in [0, 0.05) is 57.5 Å². The molecular formula is C27H41N3O4. The van der Waals surface area contributed by atoms with E-state index in [1.54, 1.807) is 18.1 Å². The molecule has 3 atom stereocenters. The van der Waals surface area contributed by atoms with Gasteiger partial charge in [-0.25, -0.2) is 0 Å². The number of hydrogen-bond donors (Lipinski definition) is 1. The molecule has 0 unspecified atom stereocenters. The van der Waals surface area contributed by atoms with Crippen molar-refractivity contribution in [3.05, 3.63) is 23.8 Å². The molecule has 2 saturated carbocycles. The second-order valence-electron chi connectivity index (χ2n) is 10.7. The molecule has 0 aromatic heterocycles. The van der Waals surface area contributed by atoms with Crippen LogP contribution in [-0.2, 0) is 9.53 Å². The summed E-state index contributed by atoms with van der Waals surface area (Å²) in [4.78, 5) is 30.3. The van der Waals surface area contributed by atoms with Gasteiger partial charge in [-0.1, -0.05) is 19.8 Å². The van der Waals surface area contributed by atoms with E-state index in [9.17, 15) is 9.59 Å². The molecule has 2 amide bonds. The van der Waals surface area contributed by atoms with Crippen molar-refractivity contribution in [3.8, 4) is 5.75 Å². The first-order chi connectivity index (χ1) is 16.4. The van der Waals surface area contributed by atoms with Crippen LogP contribution < -0.4 is 10.1 Å². The van der Waals surface area contributed by atoms with Gasteiger partial charge in [0.15, 0.2) is 0 Å². The Balaban J connectivity index is 1.58. The van der Waals surface area contributed by atoms with Gasteiger partial charge in [-0.2, -0.15) is 0 Å². The SMILES string of the molecule is CO[C@H]1CN(C)C(=O)c2ccc(NC(=O)C3CCCC3)cc2OC[C@@H](C)N(CC2CC2)C[C@H]1C. The molecule has 0 spiro atoms. The summed E-state index contributed by atoms with van der Waals surface area (Å²) in [5.41, 5.74) is 1.20. The van der Waals surface area contributed by atoms with Crippen molar-refractivity contribution in [2.24, 2.45) is 17.8 Å².